The van der Waals surface area contributed by atoms with E-state index in [2.05, 4.69) is 48.5 Å². The summed E-state index contributed by atoms with van der Waals surface area (Å²) in [4.78, 5) is 0. The van der Waals surface area contributed by atoms with Crippen molar-refractivity contribution in [1.82, 2.24) is 0 Å². The largest absolute Gasteiger partial charge is 0.384 e. The van der Waals surface area contributed by atoms with Crippen LogP contribution < -0.4 is 0 Å². The molecule has 0 amide bonds. The molecule has 3 rings (SSSR count). The first kappa shape index (κ1) is 14.1. The fourth-order valence-electron chi connectivity index (χ4n) is 3.12. The van der Waals surface area contributed by atoms with Crippen molar-refractivity contribution >= 4 is 6.08 Å². The van der Waals surface area contributed by atoms with Gasteiger partial charge < -0.3 is 9.47 Å². The number of rotatable bonds is 5. The van der Waals surface area contributed by atoms with E-state index < -0.39 is 0 Å². The molecule has 1 aliphatic rings. The Morgan fingerprint density at radius 1 is 0.905 bits per heavy atom. The predicted molar refractivity (Wildman–Crippen MR) is 86.3 cm³/mol. The zero-order chi connectivity index (χ0) is 14.7. The van der Waals surface area contributed by atoms with Gasteiger partial charge in [0.25, 0.3) is 0 Å². The van der Waals surface area contributed by atoms with E-state index in [-0.39, 0.29) is 5.92 Å². The standard InChI is InChI=1S/C19H20O2/c1-20-12-16-11-15-9-6-10-17(14-7-4-3-5-8-14)19(15)18(16)13-21-2/h3-11,18H,12-13H2,1-2H3. The third-order valence-electron chi connectivity index (χ3n) is 4.01. The quantitative estimate of drug-likeness (QED) is 0.820. The zero-order valence-corrected chi connectivity index (χ0v) is 12.5. The van der Waals surface area contributed by atoms with Crippen molar-refractivity contribution in [1.29, 1.82) is 0 Å². The van der Waals surface area contributed by atoms with Gasteiger partial charge in [0.1, 0.15) is 0 Å². The summed E-state index contributed by atoms with van der Waals surface area (Å²) in [5.41, 5.74) is 6.47. The Bertz CT molecular complexity index is 644. The van der Waals surface area contributed by atoms with Crippen LogP contribution in [0.15, 0.2) is 54.1 Å². The number of hydrogen-bond donors (Lipinski definition) is 0. The van der Waals surface area contributed by atoms with E-state index in [0.717, 1.165) is 0 Å². The van der Waals surface area contributed by atoms with Crippen LogP contribution in [0.4, 0.5) is 0 Å². The molecule has 108 valence electrons. The normalized spacial score (nSPS) is 16.7. The van der Waals surface area contributed by atoms with Crippen molar-refractivity contribution in [3.63, 3.8) is 0 Å². The summed E-state index contributed by atoms with van der Waals surface area (Å²) in [6, 6.07) is 17.0. The van der Waals surface area contributed by atoms with Gasteiger partial charge in [0.05, 0.1) is 13.2 Å². The Morgan fingerprint density at radius 2 is 1.71 bits per heavy atom. The maximum Gasteiger partial charge on any atom is 0.0683 e. The fourth-order valence-corrected chi connectivity index (χ4v) is 3.12. The Kier molecular flexibility index (Phi) is 4.18. The molecule has 21 heavy (non-hydrogen) atoms. The van der Waals surface area contributed by atoms with Crippen LogP contribution in [0.2, 0.25) is 0 Å². The lowest BCUT2D eigenvalue weighted by molar-refractivity contribution is 0.175. The Balaban J connectivity index is 2.08. The molecule has 0 saturated carbocycles. The van der Waals surface area contributed by atoms with Gasteiger partial charge in [-0.3, -0.25) is 0 Å². The van der Waals surface area contributed by atoms with Crippen LogP contribution in [0.1, 0.15) is 17.0 Å². The van der Waals surface area contributed by atoms with Crippen LogP contribution in [0.5, 0.6) is 0 Å². The summed E-state index contributed by atoms with van der Waals surface area (Å²) in [5.74, 6) is 0.279. The average molecular weight is 280 g/mol. The summed E-state index contributed by atoms with van der Waals surface area (Å²) in [7, 11) is 3.50. The molecule has 0 aromatic heterocycles. The van der Waals surface area contributed by atoms with Gasteiger partial charge in [0.15, 0.2) is 0 Å². The monoisotopic (exact) mass is 280 g/mol. The number of hydrogen-bond acceptors (Lipinski definition) is 2. The van der Waals surface area contributed by atoms with Crippen LogP contribution in [0.25, 0.3) is 17.2 Å². The van der Waals surface area contributed by atoms with Crippen molar-refractivity contribution in [3.05, 3.63) is 65.2 Å². The second-order valence-corrected chi connectivity index (χ2v) is 5.33. The van der Waals surface area contributed by atoms with Gasteiger partial charge in [-0.2, -0.15) is 0 Å². The van der Waals surface area contributed by atoms with Crippen LogP contribution in [0.3, 0.4) is 0 Å². The van der Waals surface area contributed by atoms with E-state index in [1.807, 2.05) is 6.07 Å². The molecule has 1 aliphatic carbocycles. The van der Waals surface area contributed by atoms with Gasteiger partial charge in [-0.25, -0.2) is 0 Å². The highest BCUT2D eigenvalue weighted by Crippen LogP contribution is 2.42. The summed E-state index contributed by atoms with van der Waals surface area (Å²) in [6.45, 7) is 1.34. The second-order valence-electron chi connectivity index (χ2n) is 5.33. The zero-order valence-electron chi connectivity index (χ0n) is 12.5. The summed E-state index contributed by atoms with van der Waals surface area (Å²) < 4.78 is 10.8. The molecule has 0 radical (unpaired) electrons. The lowest BCUT2D eigenvalue weighted by Crippen LogP contribution is -2.11. The van der Waals surface area contributed by atoms with Crippen molar-refractivity contribution in [3.8, 4) is 11.1 Å². The van der Waals surface area contributed by atoms with E-state index in [4.69, 9.17) is 9.47 Å². The third-order valence-corrected chi connectivity index (χ3v) is 4.01. The first-order chi connectivity index (χ1) is 10.3. The van der Waals surface area contributed by atoms with Gasteiger partial charge in [-0.1, -0.05) is 54.6 Å². The highest BCUT2D eigenvalue weighted by Gasteiger charge is 2.27. The molecule has 2 nitrogen and oxygen atoms in total. The molecular weight excluding hydrogens is 260 g/mol. The van der Waals surface area contributed by atoms with Gasteiger partial charge in [-0.15, -0.1) is 0 Å². The maximum atomic E-state index is 5.45. The minimum atomic E-state index is 0.279. The van der Waals surface area contributed by atoms with E-state index in [1.54, 1.807) is 14.2 Å². The van der Waals surface area contributed by atoms with Crippen LogP contribution >= 0.6 is 0 Å². The van der Waals surface area contributed by atoms with E-state index in [0.29, 0.717) is 13.2 Å². The Labute approximate surface area is 126 Å². The molecule has 1 atom stereocenters. The van der Waals surface area contributed by atoms with Crippen LogP contribution in [-0.2, 0) is 9.47 Å². The minimum Gasteiger partial charge on any atom is -0.384 e. The van der Waals surface area contributed by atoms with E-state index >= 15 is 0 Å². The third kappa shape index (κ3) is 2.65. The number of fused-ring (bicyclic) bond motifs is 1. The van der Waals surface area contributed by atoms with Crippen molar-refractivity contribution in [2.24, 2.45) is 0 Å². The van der Waals surface area contributed by atoms with Crippen molar-refractivity contribution < 1.29 is 9.47 Å². The van der Waals surface area contributed by atoms with E-state index in [9.17, 15) is 0 Å². The highest BCUT2D eigenvalue weighted by molar-refractivity contribution is 5.79. The lowest BCUT2D eigenvalue weighted by Gasteiger charge is -2.19. The first-order valence-electron chi connectivity index (χ1n) is 7.22. The molecule has 0 bridgehead atoms. The summed E-state index contributed by atoms with van der Waals surface area (Å²) in [6.07, 6.45) is 2.24. The summed E-state index contributed by atoms with van der Waals surface area (Å²) >= 11 is 0. The molecule has 2 aromatic carbocycles. The number of ether oxygens (including phenoxy) is 2. The van der Waals surface area contributed by atoms with Gasteiger partial charge in [0.2, 0.25) is 0 Å². The smallest absolute Gasteiger partial charge is 0.0683 e. The van der Waals surface area contributed by atoms with Crippen LogP contribution in [-0.4, -0.2) is 27.4 Å². The van der Waals surface area contributed by atoms with Crippen molar-refractivity contribution in [2.75, 3.05) is 27.4 Å². The molecular formula is C19H20O2. The van der Waals surface area contributed by atoms with E-state index in [1.165, 1.54) is 27.8 Å². The first-order valence-corrected chi connectivity index (χ1v) is 7.22. The number of methoxy groups -OCH3 is 2. The van der Waals surface area contributed by atoms with Crippen molar-refractivity contribution in [2.45, 2.75) is 5.92 Å². The Hall–Kier alpha value is -1.90. The molecule has 0 heterocycles. The van der Waals surface area contributed by atoms with Crippen LogP contribution in [0, 0.1) is 0 Å². The van der Waals surface area contributed by atoms with Gasteiger partial charge >= 0.3 is 0 Å². The lowest BCUT2D eigenvalue weighted by atomic mass is 9.89. The van der Waals surface area contributed by atoms with Gasteiger partial charge in [0, 0.05) is 20.1 Å². The molecule has 2 aromatic rings. The molecule has 0 aliphatic heterocycles. The highest BCUT2D eigenvalue weighted by atomic mass is 16.5. The van der Waals surface area contributed by atoms with Gasteiger partial charge in [-0.05, 0) is 27.8 Å². The molecule has 0 saturated heterocycles. The number of benzene rings is 2. The topological polar surface area (TPSA) is 18.5 Å². The molecule has 0 N–H and O–H groups in total. The second kappa shape index (κ2) is 6.25. The SMILES string of the molecule is COCC1=Cc2cccc(-c3ccccc3)c2C1COC. The molecule has 1 unspecified atom stereocenters. The predicted octanol–water partition coefficient (Wildman–Crippen LogP) is 4.13. The molecule has 0 fully saturated rings. The maximum absolute atomic E-state index is 5.45. The molecule has 0 spiro atoms. The molecule has 2 heteroatoms. The fraction of sp³-hybridized carbons (Fsp3) is 0.263. The Morgan fingerprint density at radius 3 is 2.43 bits per heavy atom. The average Bonchev–Trinajstić information content (AvgIpc) is 2.87. The summed E-state index contributed by atoms with van der Waals surface area (Å²) in [5, 5.41) is 0. The minimum absolute atomic E-state index is 0.279.